The van der Waals surface area contributed by atoms with Crippen LogP contribution >= 0.6 is 15.9 Å². The molecule has 0 aliphatic rings. The van der Waals surface area contributed by atoms with Gasteiger partial charge >= 0.3 is 5.97 Å². The fourth-order valence-electron chi connectivity index (χ4n) is 1.46. The molecule has 0 heterocycles. The molecule has 0 aliphatic carbocycles. The summed E-state index contributed by atoms with van der Waals surface area (Å²) in [4.78, 5) is 10.8. The molecule has 0 amide bonds. The Morgan fingerprint density at radius 2 is 2.22 bits per heavy atom. The van der Waals surface area contributed by atoms with Gasteiger partial charge in [-0.05, 0) is 40.4 Å². The maximum Gasteiger partial charge on any atom is 0.336 e. The third kappa shape index (κ3) is 3.68. The van der Waals surface area contributed by atoms with Crippen molar-refractivity contribution in [2.75, 3.05) is 18.5 Å². The summed E-state index contributed by atoms with van der Waals surface area (Å²) >= 11 is 2.93. The van der Waals surface area contributed by atoms with Crippen molar-refractivity contribution in [1.82, 2.24) is 0 Å². The molecule has 100 valence electrons. The first kappa shape index (κ1) is 14.9. The summed E-state index contributed by atoms with van der Waals surface area (Å²) in [7, 11) is 0. The number of nitrogens with one attached hydrogen (secondary N) is 1. The Morgan fingerprint density at radius 1 is 1.56 bits per heavy atom. The number of hydrogen-bond acceptors (Lipinski definition) is 3. The first-order valence-electron chi connectivity index (χ1n) is 5.53. The van der Waals surface area contributed by atoms with Crippen molar-refractivity contribution in [2.24, 2.45) is 5.92 Å². The van der Waals surface area contributed by atoms with Crippen molar-refractivity contribution in [3.8, 4) is 0 Å². The Hall–Kier alpha value is -1.14. The maximum atomic E-state index is 13.8. The van der Waals surface area contributed by atoms with Crippen LogP contribution in [0.15, 0.2) is 16.6 Å². The van der Waals surface area contributed by atoms with Crippen molar-refractivity contribution in [1.29, 1.82) is 0 Å². The topological polar surface area (TPSA) is 69.6 Å². The highest BCUT2D eigenvalue weighted by atomic mass is 79.9. The highest BCUT2D eigenvalue weighted by Gasteiger charge is 2.15. The van der Waals surface area contributed by atoms with Crippen molar-refractivity contribution < 1.29 is 19.4 Å². The lowest BCUT2D eigenvalue weighted by Crippen LogP contribution is -2.14. The number of anilines is 1. The quantitative estimate of drug-likeness (QED) is 0.754. The molecular weight excluding hydrogens is 305 g/mol. The van der Waals surface area contributed by atoms with E-state index in [1.54, 1.807) is 0 Å². The number of aliphatic hydroxyl groups is 1. The highest BCUT2D eigenvalue weighted by Crippen LogP contribution is 2.27. The van der Waals surface area contributed by atoms with Crippen LogP contribution in [-0.4, -0.2) is 29.3 Å². The lowest BCUT2D eigenvalue weighted by atomic mass is 10.1. The number of halogens is 2. The summed E-state index contributed by atoms with van der Waals surface area (Å²) in [6.45, 7) is 2.53. The fourth-order valence-corrected chi connectivity index (χ4v) is 1.97. The van der Waals surface area contributed by atoms with Gasteiger partial charge in [0.1, 0.15) is 0 Å². The van der Waals surface area contributed by atoms with E-state index >= 15 is 0 Å². The smallest absolute Gasteiger partial charge is 0.336 e. The third-order valence-corrected chi connectivity index (χ3v) is 3.35. The molecule has 1 aromatic rings. The molecule has 1 atom stereocenters. The number of benzene rings is 1. The Labute approximate surface area is 113 Å². The lowest BCUT2D eigenvalue weighted by molar-refractivity contribution is 0.0695. The monoisotopic (exact) mass is 319 g/mol. The molecule has 6 heteroatoms. The minimum atomic E-state index is -1.18. The van der Waals surface area contributed by atoms with E-state index in [1.165, 1.54) is 12.1 Å². The van der Waals surface area contributed by atoms with E-state index in [2.05, 4.69) is 21.2 Å². The molecule has 0 radical (unpaired) electrons. The second-order valence-electron chi connectivity index (χ2n) is 4.09. The summed E-state index contributed by atoms with van der Waals surface area (Å²) in [5.41, 5.74) is 0.137. The Kier molecular flexibility index (Phi) is 5.55. The van der Waals surface area contributed by atoms with Crippen LogP contribution in [0.5, 0.6) is 0 Å². The molecule has 18 heavy (non-hydrogen) atoms. The van der Waals surface area contributed by atoms with Gasteiger partial charge in [-0.1, -0.05) is 6.92 Å². The predicted molar refractivity (Wildman–Crippen MR) is 70.4 cm³/mol. The van der Waals surface area contributed by atoms with Crippen molar-refractivity contribution in [3.63, 3.8) is 0 Å². The van der Waals surface area contributed by atoms with Crippen LogP contribution in [0, 0.1) is 11.7 Å². The molecule has 0 saturated heterocycles. The van der Waals surface area contributed by atoms with E-state index in [9.17, 15) is 9.18 Å². The average Bonchev–Trinajstić information content (AvgIpc) is 2.31. The number of rotatable bonds is 6. The normalized spacial score (nSPS) is 12.2. The van der Waals surface area contributed by atoms with Crippen LogP contribution in [0.25, 0.3) is 0 Å². The number of carboxylic acids is 1. The van der Waals surface area contributed by atoms with Crippen LogP contribution < -0.4 is 5.32 Å². The van der Waals surface area contributed by atoms with Gasteiger partial charge in [-0.25, -0.2) is 9.18 Å². The number of aliphatic hydroxyl groups excluding tert-OH is 1. The minimum Gasteiger partial charge on any atom is -0.478 e. The van der Waals surface area contributed by atoms with Gasteiger partial charge < -0.3 is 15.5 Å². The van der Waals surface area contributed by atoms with Crippen LogP contribution in [0.1, 0.15) is 23.7 Å². The lowest BCUT2D eigenvalue weighted by Gasteiger charge is -2.14. The van der Waals surface area contributed by atoms with Crippen LogP contribution in [0.4, 0.5) is 10.1 Å². The summed E-state index contributed by atoms with van der Waals surface area (Å²) < 4.78 is 13.8. The summed E-state index contributed by atoms with van der Waals surface area (Å²) in [5.74, 6) is -1.60. The zero-order chi connectivity index (χ0) is 13.7. The third-order valence-electron chi connectivity index (χ3n) is 2.58. The van der Waals surface area contributed by atoms with Gasteiger partial charge in [-0.2, -0.15) is 0 Å². The predicted octanol–water partition coefficient (Wildman–Crippen LogP) is 2.72. The standard InChI is InChI=1S/C12H15BrFNO3/c1-7(4-5-16)6-15-9-3-2-8(12(17)18)10(13)11(9)14/h2-3,7,15-16H,4-6H2,1H3,(H,17,18). The molecule has 3 N–H and O–H groups in total. The fraction of sp³-hybridized carbons (Fsp3) is 0.417. The number of carbonyl (C=O) groups is 1. The zero-order valence-corrected chi connectivity index (χ0v) is 11.5. The SMILES string of the molecule is CC(CCO)CNc1ccc(C(=O)O)c(Br)c1F. The molecular formula is C12H15BrFNO3. The molecule has 0 fully saturated rings. The Balaban J connectivity index is 2.79. The van der Waals surface area contributed by atoms with Gasteiger partial charge in [-0.15, -0.1) is 0 Å². The molecule has 1 unspecified atom stereocenters. The minimum absolute atomic E-state index is 0.0604. The molecule has 1 rings (SSSR count). The van der Waals surface area contributed by atoms with Gasteiger partial charge in [0.25, 0.3) is 0 Å². The molecule has 0 aliphatic heterocycles. The van der Waals surface area contributed by atoms with E-state index in [0.717, 1.165) is 0 Å². The average molecular weight is 320 g/mol. The highest BCUT2D eigenvalue weighted by molar-refractivity contribution is 9.10. The van der Waals surface area contributed by atoms with E-state index in [-0.39, 0.29) is 28.2 Å². The van der Waals surface area contributed by atoms with Gasteiger partial charge in [0.05, 0.1) is 15.7 Å². The molecule has 0 aromatic heterocycles. The second kappa shape index (κ2) is 6.70. The maximum absolute atomic E-state index is 13.8. The van der Waals surface area contributed by atoms with Gasteiger partial charge in [0, 0.05) is 13.2 Å². The van der Waals surface area contributed by atoms with E-state index in [0.29, 0.717) is 13.0 Å². The van der Waals surface area contributed by atoms with Gasteiger partial charge in [0.15, 0.2) is 5.82 Å². The molecule has 0 saturated carbocycles. The molecule has 1 aromatic carbocycles. The van der Waals surface area contributed by atoms with Crippen molar-refractivity contribution in [3.05, 3.63) is 28.0 Å². The van der Waals surface area contributed by atoms with Crippen LogP contribution in [-0.2, 0) is 0 Å². The first-order chi connectivity index (χ1) is 8.47. The van der Waals surface area contributed by atoms with Crippen LogP contribution in [0.3, 0.4) is 0 Å². The zero-order valence-electron chi connectivity index (χ0n) is 9.91. The summed E-state index contributed by atoms with van der Waals surface area (Å²) in [5, 5.41) is 20.5. The van der Waals surface area contributed by atoms with Crippen molar-refractivity contribution >= 4 is 27.6 Å². The van der Waals surface area contributed by atoms with E-state index in [4.69, 9.17) is 10.2 Å². The van der Waals surface area contributed by atoms with Gasteiger partial charge in [0.2, 0.25) is 0 Å². The number of carboxylic acid groups (broad SMARTS) is 1. The Morgan fingerprint density at radius 3 is 2.78 bits per heavy atom. The van der Waals surface area contributed by atoms with Crippen molar-refractivity contribution in [2.45, 2.75) is 13.3 Å². The first-order valence-corrected chi connectivity index (χ1v) is 6.32. The molecule has 0 spiro atoms. The van der Waals surface area contributed by atoms with E-state index < -0.39 is 11.8 Å². The van der Waals surface area contributed by atoms with E-state index in [1.807, 2.05) is 6.92 Å². The number of aromatic carboxylic acids is 1. The second-order valence-corrected chi connectivity index (χ2v) is 4.89. The Bertz CT molecular complexity index is 440. The number of hydrogen-bond donors (Lipinski definition) is 3. The summed E-state index contributed by atoms with van der Waals surface area (Å²) in [6, 6.07) is 2.74. The molecule has 4 nitrogen and oxygen atoms in total. The van der Waals surface area contributed by atoms with Gasteiger partial charge in [-0.3, -0.25) is 0 Å². The largest absolute Gasteiger partial charge is 0.478 e. The molecule has 0 bridgehead atoms. The summed E-state index contributed by atoms with van der Waals surface area (Å²) in [6.07, 6.45) is 0.628. The van der Waals surface area contributed by atoms with Crippen LogP contribution in [0.2, 0.25) is 0 Å².